The summed E-state index contributed by atoms with van der Waals surface area (Å²) in [4.78, 5) is 43.4. The Bertz CT molecular complexity index is 1880. The van der Waals surface area contributed by atoms with Crippen LogP contribution in [0.1, 0.15) is 67.3 Å². The van der Waals surface area contributed by atoms with Crippen LogP contribution in [0.4, 0.5) is 11.4 Å². The SMILES string of the molecule is Cc1ccc(NC(=O)c2c(-n3c(C)cc(/C=C4\C(=O)NC(=S)N(c5cc(C)cc(C)c5)C4=O)c3C)sc3c2CCCC3)cc1. The number of carbonyl (C=O) groups is 3. The molecule has 3 amide bonds. The maximum absolute atomic E-state index is 13.9. The van der Waals surface area contributed by atoms with E-state index in [1.54, 1.807) is 17.4 Å². The zero-order chi connectivity index (χ0) is 31.3. The normalized spacial score (nSPS) is 15.9. The van der Waals surface area contributed by atoms with Gasteiger partial charge in [0, 0.05) is 22.0 Å². The van der Waals surface area contributed by atoms with E-state index in [-0.39, 0.29) is 16.6 Å². The third kappa shape index (κ3) is 5.42. The molecule has 1 fully saturated rings. The summed E-state index contributed by atoms with van der Waals surface area (Å²) in [7, 11) is 0. The summed E-state index contributed by atoms with van der Waals surface area (Å²) in [5.41, 5.74) is 8.75. The lowest BCUT2D eigenvalue weighted by atomic mass is 9.95. The summed E-state index contributed by atoms with van der Waals surface area (Å²) in [6, 6.07) is 15.5. The minimum absolute atomic E-state index is 0.000760. The number of aryl methyl sites for hydroxylation is 5. The smallest absolute Gasteiger partial charge is 0.270 e. The predicted molar refractivity (Wildman–Crippen MR) is 181 cm³/mol. The first-order chi connectivity index (χ1) is 21.0. The van der Waals surface area contributed by atoms with Crippen molar-refractivity contribution in [1.82, 2.24) is 9.88 Å². The maximum Gasteiger partial charge on any atom is 0.270 e. The Morgan fingerprint density at radius 2 is 1.61 bits per heavy atom. The highest BCUT2D eigenvalue weighted by atomic mass is 32.1. The fraction of sp³-hybridized carbons (Fsp3) is 0.257. The van der Waals surface area contributed by atoms with Crippen LogP contribution in [0.3, 0.4) is 0 Å². The number of hydrogen-bond acceptors (Lipinski definition) is 5. The molecule has 2 aliphatic rings. The fourth-order valence-electron chi connectivity index (χ4n) is 6.15. The van der Waals surface area contributed by atoms with Crippen molar-refractivity contribution in [3.63, 3.8) is 0 Å². The zero-order valence-corrected chi connectivity index (χ0v) is 27.1. The molecule has 224 valence electrons. The number of nitrogens with one attached hydrogen (secondary N) is 2. The predicted octanol–water partition coefficient (Wildman–Crippen LogP) is 7.04. The molecule has 0 spiro atoms. The molecular weight excluding hydrogens is 589 g/mol. The van der Waals surface area contributed by atoms with E-state index in [1.165, 1.54) is 9.78 Å². The molecule has 1 aliphatic carbocycles. The summed E-state index contributed by atoms with van der Waals surface area (Å²) < 4.78 is 2.08. The van der Waals surface area contributed by atoms with Crippen LogP contribution in [-0.4, -0.2) is 27.4 Å². The van der Waals surface area contributed by atoms with Crippen molar-refractivity contribution in [2.24, 2.45) is 0 Å². The zero-order valence-electron chi connectivity index (χ0n) is 25.5. The van der Waals surface area contributed by atoms with Gasteiger partial charge in [-0.1, -0.05) is 23.8 Å². The number of nitrogens with zero attached hydrogens (tertiary/aromatic N) is 2. The number of benzene rings is 2. The number of aromatic nitrogens is 1. The van der Waals surface area contributed by atoms with E-state index in [4.69, 9.17) is 12.2 Å². The van der Waals surface area contributed by atoms with Crippen LogP contribution in [-0.2, 0) is 22.4 Å². The molecule has 2 aromatic carbocycles. The van der Waals surface area contributed by atoms with Crippen LogP contribution in [0.5, 0.6) is 0 Å². The molecule has 0 unspecified atom stereocenters. The van der Waals surface area contributed by atoms with Crippen molar-refractivity contribution >= 4 is 63.8 Å². The van der Waals surface area contributed by atoms with Gasteiger partial charge in [-0.2, -0.15) is 0 Å². The molecule has 0 radical (unpaired) electrons. The highest BCUT2D eigenvalue weighted by molar-refractivity contribution is 7.80. The lowest BCUT2D eigenvalue weighted by Crippen LogP contribution is -2.54. The monoisotopic (exact) mass is 622 g/mol. The first-order valence-corrected chi connectivity index (χ1v) is 16.0. The minimum atomic E-state index is -0.532. The highest BCUT2D eigenvalue weighted by Crippen LogP contribution is 2.39. The second kappa shape index (κ2) is 11.6. The molecule has 9 heteroatoms. The number of carbonyl (C=O) groups excluding carboxylic acids is 3. The summed E-state index contributed by atoms with van der Waals surface area (Å²) in [5.74, 6) is -1.14. The van der Waals surface area contributed by atoms with Gasteiger partial charge >= 0.3 is 0 Å². The van der Waals surface area contributed by atoms with Crippen molar-refractivity contribution in [2.45, 2.75) is 60.3 Å². The lowest BCUT2D eigenvalue weighted by molar-refractivity contribution is -0.122. The van der Waals surface area contributed by atoms with Gasteiger partial charge in [0.15, 0.2) is 5.11 Å². The first kappa shape index (κ1) is 29.7. The van der Waals surface area contributed by atoms with Gasteiger partial charge < -0.3 is 9.88 Å². The molecule has 44 heavy (non-hydrogen) atoms. The molecule has 0 bridgehead atoms. The Balaban J connectivity index is 1.41. The van der Waals surface area contributed by atoms with E-state index in [0.717, 1.165) is 75.6 Å². The standard InChI is InChI=1S/C35H34N4O3S2/c1-19-10-12-25(13-11-19)36-32(41)30-27-8-6-7-9-29(27)44-34(30)38-22(4)17-24(23(38)5)18-28-31(40)37-35(43)39(33(28)42)26-15-20(2)14-21(3)16-26/h10-18H,6-9H2,1-5H3,(H,36,41)(H,37,40,43)/b28-18+. The van der Waals surface area contributed by atoms with Gasteiger partial charge in [0.2, 0.25) is 0 Å². The third-order valence-corrected chi connectivity index (χ3v) is 9.79. The molecule has 1 saturated heterocycles. The van der Waals surface area contributed by atoms with Crippen molar-refractivity contribution < 1.29 is 14.4 Å². The van der Waals surface area contributed by atoms with Crippen LogP contribution in [0.15, 0.2) is 54.1 Å². The molecule has 0 atom stereocenters. The van der Waals surface area contributed by atoms with Crippen LogP contribution in [0, 0.1) is 34.6 Å². The number of rotatable bonds is 5. The number of hydrogen-bond donors (Lipinski definition) is 2. The first-order valence-electron chi connectivity index (χ1n) is 14.7. The number of thiophene rings is 1. The van der Waals surface area contributed by atoms with E-state index in [1.807, 2.05) is 83.1 Å². The number of thiocarbonyl (C=S) groups is 1. The van der Waals surface area contributed by atoms with E-state index in [9.17, 15) is 14.4 Å². The Morgan fingerprint density at radius 3 is 2.32 bits per heavy atom. The average molecular weight is 623 g/mol. The molecule has 0 saturated carbocycles. The van der Waals surface area contributed by atoms with Gasteiger partial charge in [-0.05, 0) is 131 Å². The van der Waals surface area contributed by atoms with Gasteiger partial charge in [-0.3, -0.25) is 24.6 Å². The largest absolute Gasteiger partial charge is 0.322 e. The fourth-order valence-corrected chi connectivity index (χ4v) is 7.93. The lowest BCUT2D eigenvalue weighted by Gasteiger charge is -2.29. The van der Waals surface area contributed by atoms with Crippen LogP contribution < -0.4 is 15.5 Å². The summed E-state index contributed by atoms with van der Waals surface area (Å²) in [6.07, 6.45) is 5.59. The molecular formula is C35H34N4O3S2. The molecule has 2 aromatic heterocycles. The quantitative estimate of drug-likeness (QED) is 0.142. The van der Waals surface area contributed by atoms with Gasteiger partial charge in [0.1, 0.15) is 10.6 Å². The molecule has 1 aliphatic heterocycles. The Kier molecular flexibility index (Phi) is 7.86. The highest BCUT2D eigenvalue weighted by Gasteiger charge is 2.35. The average Bonchev–Trinajstić information content (AvgIpc) is 3.47. The molecule has 3 heterocycles. The van der Waals surface area contributed by atoms with Crippen molar-refractivity contribution in [3.8, 4) is 5.00 Å². The Hall–Kier alpha value is -4.34. The maximum atomic E-state index is 13.9. The van der Waals surface area contributed by atoms with Crippen molar-refractivity contribution in [1.29, 1.82) is 0 Å². The number of fused-ring (bicyclic) bond motifs is 1. The van der Waals surface area contributed by atoms with E-state index < -0.39 is 11.8 Å². The molecule has 6 rings (SSSR count). The summed E-state index contributed by atoms with van der Waals surface area (Å²) in [5, 5.41) is 6.73. The topological polar surface area (TPSA) is 83.4 Å². The van der Waals surface area contributed by atoms with Crippen LogP contribution in [0.2, 0.25) is 0 Å². The molecule has 7 nitrogen and oxygen atoms in total. The Labute approximate surface area is 266 Å². The molecule has 2 N–H and O–H groups in total. The number of anilines is 2. The van der Waals surface area contributed by atoms with E-state index >= 15 is 0 Å². The van der Waals surface area contributed by atoms with Gasteiger partial charge in [0.05, 0.1) is 11.3 Å². The van der Waals surface area contributed by atoms with Gasteiger partial charge in [-0.15, -0.1) is 11.3 Å². The van der Waals surface area contributed by atoms with Crippen molar-refractivity contribution in [3.05, 3.63) is 104 Å². The third-order valence-electron chi connectivity index (χ3n) is 8.23. The van der Waals surface area contributed by atoms with Crippen LogP contribution >= 0.6 is 23.6 Å². The van der Waals surface area contributed by atoms with E-state index in [2.05, 4.69) is 15.2 Å². The van der Waals surface area contributed by atoms with Crippen LogP contribution in [0.25, 0.3) is 11.1 Å². The molecule has 4 aromatic rings. The second-order valence-corrected chi connectivity index (χ2v) is 13.1. The second-order valence-electron chi connectivity index (χ2n) is 11.7. The van der Waals surface area contributed by atoms with Gasteiger partial charge in [0.25, 0.3) is 17.7 Å². The minimum Gasteiger partial charge on any atom is -0.322 e. The van der Waals surface area contributed by atoms with Crippen molar-refractivity contribution in [2.75, 3.05) is 10.2 Å². The van der Waals surface area contributed by atoms with E-state index in [0.29, 0.717) is 11.3 Å². The Morgan fingerprint density at radius 1 is 0.932 bits per heavy atom. The summed E-state index contributed by atoms with van der Waals surface area (Å²) >= 11 is 7.08. The number of amides is 3. The van der Waals surface area contributed by atoms with Gasteiger partial charge in [-0.25, -0.2) is 0 Å². The summed E-state index contributed by atoms with van der Waals surface area (Å²) in [6.45, 7) is 9.86.